The molecule has 0 spiro atoms. The fourth-order valence-corrected chi connectivity index (χ4v) is 4.24. The number of ether oxygens (including phenoxy) is 1. The summed E-state index contributed by atoms with van der Waals surface area (Å²) in [4.78, 5) is 42.3. The second-order valence-corrected chi connectivity index (χ2v) is 7.95. The van der Waals surface area contributed by atoms with Crippen molar-refractivity contribution in [1.29, 1.82) is 0 Å². The van der Waals surface area contributed by atoms with Crippen molar-refractivity contribution in [3.05, 3.63) is 50.7 Å². The molecule has 9 nitrogen and oxygen atoms in total. The standard InChI is InChI=1S/C19H20N4O5S/c24-18(21-7-5-20(6-8-21)11-15-2-1-9-29-15)12-22-16-10-14(23(26)27)3-4-17(16)28-13-19(22)25/h1-4,9-10H,5-8,11-13H2. The number of anilines is 1. The van der Waals surface area contributed by atoms with Gasteiger partial charge < -0.3 is 9.64 Å². The Bertz CT molecular complexity index is 925. The Kier molecular flexibility index (Phi) is 5.45. The number of piperazine rings is 1. The molecule has 4 rings (SSSR count). The molecular formula is C19H20N4O5S. The molecule has 0 saturated carbocycles. The monoisotopic (exact) mass is 416 g/mol. The van der Waals surface area contributed by atoms with Gasteiger partial charge in [0, 0.05) is 49.7 Å². The summed E-state index contributed by atoms with van der Waals surface area (Å²) < 4.78 is 5.35. The first-order valence-corrected chi connectivity index (χ1v) is 10.1. The average Bonchev–Trinajstić information content (AvgIpc) is 3.23. The van der Waals surface area contributed by atoms with E-state index in [-0.39, 0.29) is 36.3 Å². The Morgan fingerprint density at radius 1 is 1.21 bits per heavy atom. The summed E-state index contributed by atoms with van der Waals surface area (Å²) in [6.45, 7) is 3.24. The van der Waals surface area contributed by atoms with Gasteiger partial charge >= 0.3 is 0 Å². The topological polar surface area (TPSA) is 96.2 Å². The molecule has 2 aliphatic rings. The summed E-state index contributed by atoms with van der Waals surface area (Å²) in [5.74, 6) is -0.195. The zero-order valence-electron chi connectivity index (χ0n) is 15.7. The number of rotatable bonds is 5. The molecule has 1 aromatic carbocycles. The molecule has 0 N–H and O–H groups in total. The smallest absolute Gasteiger partial charge is 0.271 e. The molecule has 2 amide bonds. The number of hydrogen-bond donors (Lipinski definition) is 0. The normalized spacial score (nSPS) is 17.0. The first-order valence-electron chi connectivity index (χ1n) is 9.25. The average molecular weight is 416 g/mol. The highest BCUT2D eigenvalue weighted by Gasteiger charge is 2.31. The van der Waals surface area contributed by atoms with Crippen LogP contribution in [0.1, 0.15) is 4.88 Å². The number of benzene rings is 1. The first kappa shape index (κ1) is 19.3. The Hall–Kier alpha value is -2.98. The van der Waals surface area contributed by atoms with Crippen molar-refractivity contribution in [2.24, 2.45) is 0 Å². The lowest BCUT2D eigenvalue weighted by atomic mass is 10.2. The molecule has 2 aliphatic heterocycles. The van der Waals surface area contributed by atoms with Crippen molar-refractivity contribution < 1.29 is 19.2 Å². The van der Waals surface area contributed by atoms with E-state index in [1.165, 1.54) is 28.0 Å². The lowest BCUT2D eigenvalue weighted by molar-refractivity contribution is -0.384. The Morgan fingerprint density at radius 3 is 2.69 bits per heavy atom. The number of carbonyl (C=O) groups is 2. The van der Waals surface area contributed by atoms with Gasteiger partial charge in [-0.2, -0.15) is 0 Å². The van der Waals surface area contributed by atoms with Gasteiger partial charge in [0.25, 0.3) is 11.6 Å². The van der Waals surface area contributed by atoms with Crippen LogP contribution < -0.4 is 9.64 Å². The van der Waals surface area contributed by atoms with E-state index in [0.717, 1.165) is 19.6 Å². The van der Waals surface area contributed by atoms with Gasteiger partial charge in [0.15, 0.2) is 6.61 Å². The van der Waals surface area contributed by atoms with Gasteiger partial charge in [0.05, 0.1) is 10.6 Å². The number of nitrogens with zero attached hydrogens (tertiary/aromatic N) is 4. The maximum atomic E-state index is 12.8. The number of thiophene rings is 1. The highest BCUT2D eigenvalue weighted by Crippen LogP contribution is 2.35. The number of hydrogen-bond acceptors (Lipinski definition) is 7. The Morgan fingerprint density at radius 2 is 2.00 bits per heavy atom. The zero-order valence-corrected chi connectivity index (χ0v) is 16.5. The molecule has 0 radical (unpaired) electrons. The van der Waals surface area contributed by atoms with Crippen LogP contribution in [0.3, 0.4) is 0 Å². The van der Waals surface area contributed by atoms with E-state index >= 15 is 0 Å². The van der Waals surface area contributed by atoms with Gasteiger partial charge in [0.2, 0.25) is 5.91 Å². The van der Waals surface area contributed by atoms with E-state index < -0.39 is 4.92 Å². The molecule has 152 valence electrons. The molecule has 29 heavy (non-hydrogen) atoms. The zero-order chi connectivity index (χ0) is 20.4. The van der Waals surface area contributed by atoms with Crippen LogP contribution in [0.2, 0.25) is 0 Å². The third kappa shape index (κ3) is 4.22. The molecule has 0 unspecified atom stereocenters. The lowest BCUT2D eigenvalue weighted by Crippen LogP contribution is -2.52. The number of amides is 2. The summed E-state index contributed by atoms with van der Waals surface area (Å²) in [5.41, 5.74) is 0.113. The summed E-state index contributed by atoms with van der Waals surface area (Å²) in [5, 5.41) is 13.1. The third-order valence-corrected chi connectivity index (χ3v) is 5.94. The van der Waals surface area contributed by atoms with Crippen molar-refractivity contribution in [2.45, 2.75) is 6.54 Å². The fourth-order valence-electron chi connectivity index (χ4n) is 3.49. The van der Waals surface area contributed by atoms with Crippen LogP contribution in [0, 0.1) is 10.1 Å². The molecule has 10 heteroatoms. The molecule has 2 aromatic rings. The summed E-state index contributed by atoms with van der Waals surface area (Å²) >= 11 is 1.72. The minimum absolute atomic E-state index is 0.151. The van der Waals surface area contributed by atoms with E-state index in [2.05, 4.69) is 16.3 Å². The predicted octanol–water partition coefficient (Wildman–Crippen LogP) is 1.73. The van der Waals surface area contributed by atoms with Crippen molar-refractivity contribution in [3.8, 4) is 5.75 Å². The van der Waals surface area contributed by atoms with Gasteiger partial charge in [-0.05, 0) is 17.5 Å². The van der Waals surface area contributed by atoms with Gasteiger partial charge in [-0.3, -0.25) is 29.5 Å². The molecule has 1 saturated heterocycles. The van der Waals surface area contributed by atoms with Crippen LogP contribution in [0.5, 0.6) is 5.75 Å². The van der Waals surface area contributed by atoms with Crippen LogP contribution in [-0.4, -0.2) is 65.9 Å². The van der Waals surface area contributed by atoms with Gasteiger partial charge in [-0.15, -0.1) is 11.3 Å². The van der Waals surface area contributed by atoms with Crippen molar-refractivity contribution in [2.75, 3.05) is 44.2 Å². The van der Waals surface area contributed by atoms with Gasteiger partial charge in [-0.1, -0.05) is 6.07 Å². The van der Waals surface area contributed by atoms with Crippen LogP contribution in [0.25, 0.3) is 0 Å². The molecular weight excluding hydrogens is 396 g/mol. The van der Waals surface area contributed by atoms with Gasteiger partial charge in [-0.25, -0.2) is 0 Å². The van der Waals surface area contributed by atoms with Crippen molar-refractivity contribution in [3.63, 3.8) is 0 Å². The fraction of sp³-hybridized carbons (Fsp3) is 0.368. The van der Waals surface area contributed by atoms with E-state index in [4.69, 9.17) is 4.74 Å². The minimum Gasteiger partial charge on any atom is -0.482 e. The van der Waals surface area contributed by atoms with Crippen LogP contribution in [-0.2, 0) is 16.1 Å². The molecule has 0 aliphatic carbocycles. The summed E-state index contributed by atoms with van der Waals surface area (Å²) in [7, 11) is 0. The quantitative estimate of drug-likeness (QED) is 0.544. The first-order chi connectivity index (χ1) is 14.0. The second kappa shape index (κ2) is 8.18. The van der Waals surface area contributed by atoms with E-state index in [1.54, 1.807) is 16.2 Å². The number of carbonyl (C=O) groups excluding carboxylic acids is 2. The predicted molar refractivity (Wildman–Crippen MR) is 107 cm³/mol. The van der Waals surface area contributed by atoms with E-state index in [0.29, 0.717) is 18.8 Å². The van der Waals surface area contributed by atoms with Crippen LogP contribution in [0.4, 0.5) is 11.4 Å². The third-order valence-electron chi connectivity index (χ3n) is 5.07. The summed E-state index contributed by atoms with van der Waals surface area (Å²) in [6.07, 6.45) is 0. The van der Waals surface area contributed by atoms with Gasteiger partial charge in [0.1, 0.15) is 12.3 Å². The van der Waals surface area contributed by atoms with Crippen molar-refractivity contribution in [1.82, 2.24) is 9.80 Å². The highest BCUT2D eigenvalue weighted by molar-refractivity contribution is 7.09. The Balaban J connectivity index is 1.40. The number of nitro groups is 1. The lowest BCUT2D eigenvalue weighted by Gasteiger charge is -2.36. The second-order valence-electron chi connectivity index (χ2n) is 6.91. The maximum absolute atomic E-state index is 12.8. The van der Waals surface area contributed by atoms with Crippen molar-refractivity contribution >= 4 is 34.5 Å². The Labute approximate surface area is 171 Å². The van der Waals surface area contributed by atoms with Crippen LogP contribution >= 0.6 is 11.3 Å². The minimum atomic E-state index is -0.536. The SMILES string of the molecule is O=C(CN1C(=O)COc2ccc([N+](=O)[O-])cc21)N1CCN(Cc2cccs2)CC1. The van der Waals surface area contributed by atoms with E-state index in [9.17, 15) is 19.7 Å². The largest absolute Gasteiger partial charge is 0.482 e. The molecule has 1 aromatic heterocycles. The van der Waals surface area contributed by atoms with E-state index in [1.807, 2.05) is 6.07 Å². The molecule has 0 atom stereocenters. The number of fused-ring (bicyclic) bond motifs is 1. The number of non-ortho nitro benzene ring substituents is 1. The molecule has 1 fully saturated rings. The highest BCUT2D eigenvalue weighted by atomic mass is 32.1. The molecule has 0 bridgehead atoms. The molecule has 3 heterocycles. The number of nitro benzene ring substituents is 1. The maximum Gasteiger partial charge on any atom is 0.271 e. The summed E-state index contributed by atoms with van der Waals surface area (Å²) in [6, 6.07) is 8.19. The van der Waals surface area contributed by atoms with Crippen LogP contribution in [0.15, 0.2) is 35.7 Å².